The number of aryl methyl sites for hydroxylation is 2. The van der Waals surface area contributed by atoms with Gasteiger partial charge in [-0.3, -0.25) is 0 Å². The third-order valence-electron chi connectivity index (χ3n) is 3.26. The number of carbonyl (C=O) groups is 1. The molecule has 0 aliphatic rings. The van der Waals surface area contributed by atoms with E-state index in [9.17, 15) is 18.0 Å². The van der Waals surface area contributed by atoms with Gasteiger partial charge in [0.2, 0.25) is 0 Å². The molecule has 116 valence electrons. The van der Waals surface area contributed by atoms with Crippen LogP contribution in [0, 0.1) is 0 Å². The van der Waals surface area contributed by atoms with E-state index in [-0.39, 0.29) is 22.6 Å². The standard InChI is InChI=1S/C16H12ClF3O2/c17-13-7-8-14(16(18,19)20)12(9-13)6-3-10-1-4-11(5-2-10)15(21)22/h1-2,4-5,7-9H,3,6H2,(H,21,22). The van der Waals surface area contributed by atoms with E-state index in [0.717, 1.165) is 11.6 Å². The van der Waals surface area contributed by atoms with Crippen molar-refractivity contribution in [2.24, 2.45) is 0 Å². The summed E-state index contributed by atoms with van der Waals surface area (Å²) >= 11 is 5.77. The minimum atomic E-state index is -4.42. The fraction of sp³-hybridized carbons (Fsp3) is 0.188. The predicted molar refractivity (Wildman–Crippen MR) is 77.3 cm³/mol. The van der Waals surface area contributed by atoms with Crippen LogP contribution in [0.2, 0.25) is 5.02 Å². The number of hydrogen-bond donors (Lipinski definition) is 1. The van der Waals surface area contributed by atoms with Gasteiger partial charge in [-0.05, 0) is 54.3 Å². The van der Waals surface area contributed by atoms with Crippen molar-refractivity contribution in [3.05, 3.63) is 69.7 Å². The average Bonchev–Trinajstić information content (AvgIpc) is 2.44. The Hall–Kier alpha value is -2.01. The zero-order chi connectivity index (χ0) is 16.3. The number of rotatable bonds is 4. The molecule has 2 aromatic carbocycles. The van der Waals surface area contributed by atoms with Gasteiger partial charge in [0.15, 0.2) is 0 Å². The number of alkyl halides is 3. The van der Waals surface area contributed by atoms with Gasteiger partial charge in [0, 0.05) is 5.02 Å². The molecule has 0 heterocycles. The summed E-state index contributed by atoms with van der Waals surface area (Å²) in [6.07, 6.45) is -3.89. The van der Waals surface area contributed by atoms with Crippen LogP contribution < -0.4 is 0 Å². The van der Waals surface area contributed by atoms with Crippen molar-refractivity contribution in [2.45, 2.75) is 19.0 Å². The Morgan fingerprint density at radius 1 is 1.05 bits per heavy atom. The molecular weight excluding hydrogens is 317 g/mol. The van der Waals surface area contributed by atoms with Gasteiger partial charge in [-0.2, -0.15) is 13.2 Å². The van der Waals surface area contributed by atoms with E-state index in [1.807, 2.05) is 0 Å². The first-order valence-electron chi connectivity index (χ1n) is 6.45. The Kier molecular flexibility index (Phi) is 4.76. The molecule has 0 bridgehead atoms. The molecule has 0 spiro atoms. The Labute approximate surface area is 130 Å². The van der Waals surface area contributed by atoms with Crippen LogP contribution in [-0.2, 0) is 19.0 Å². The van der Waals surface area contributed by atoms with E-state index < -0.39 is 17.7 Å². The molecule has 0 aliphatic carbocycles. The second-order valence-electron chi connectivity index (χ2n) is 4.80. The van der Waals surface area contributed by atoms with Crippen LogP contribution in [-0.4, -0.2) is 11.1 Å². The highest BCUT2D eigenvalue weighted by atomic mass is 35.5. The quantitative estimate of drug-likeness (QED) is 0.871. The number of benzene rings is 2. The molecule has 0 aromatic heterocycles. The molecule has 0 unspecified atom stereocenters. The van der Waals surface area contributed by atoms with Crippen molar-refractivity contribution in [1.29, 1.82) is 0 Å². The van der Waals surface area contributed by atoms with Crippen LogP contribution in [0.15, 0.2) is 42.5 Å². The van der Waals surface area contributed by atoms with E-state index >= 15 is 0 Å². The molecule has 0 amide bonds. The number of hydrogen-bond acceptors (Lipinski definition) is 1. The van der Waals surface area contributed by atoms with E-state index in [1.165, 1.54) is 24.3 Å². The highest BCUT2D eigenvalue weighted by Gasteiger charge is 2.32. The summed E-state index contributed by atoms with van der Waals surface area (Å²) < 4.78 is 38.8. The Morgan fingerprint density at radius 2 is 1.68 bits per heavy atom. The first-order chi connectivity index (χ1) is 10.3. The van der Waals surface area contributed by atoms with Crippen molar-refractivity contribution in [3.63, 3.8) is 0 Å². The van der Waals surface area contributed by atoms with Crippen LogP contribution in [0.1, 0.15) is 27.0 Å². The summed E-state index contributed by atoms with van der Waals surface area (Å²) in [4.78, 5) is 10.7. The zero-order valence-electron chi connectivity index (χ0n) is 11.3. The van der Waals surface area contributed by atoms with E-state index in [1.54, 1.807) is 12.1 Å². The number of carboxylic acids is 1. The molecule has 0 aliphatic heterocycles. The molecule has 0 saturated carbocycles. The number of carboxylic acid groups (broad SMARTS) is 1. The lowest BCUT2D eigenvalue weighted by Crippen LogP contribution is -2.10. The minimum Gasteiger partial charge on any atom is -0.478 e. The minimum absolute atomic E-state index is 0.127. The number of aromatic carboxylic acids is 1. The largest absolute Gasteiger partial charge is 0.478 e. The Morgan fingerprint density at radius 3 is 2.23 bits per heavy atom. The smallest absolute Gasteiger partial charge is 0.416 e. The lowest BCUT2D eigenvalue weighted by molar-refractivity contribution is -0.138. The molecule has 22 heavy (non-hydrogen) atoms. The molecule has 1 N–H and O–H groups in total. The van der Waals surface area contributed by atoms with Gasteiger partial charge in [-0.1, -0.05) is 23.7 Å². The molecule has 0 fully saturated rings. The van der Waals surface area contributed by atoms with Crippen LogP contribution in [0.3, 0.4) is 0 Å². The monoisotopic (exact) mass is 328 g/mol. The van der Waals surface area contributed by atoms with Crippen molar-refractivity contribution in [1.82, 2.24) is 0 Å². The summed E-state index contributed by atoms with van der Waals surface area (Å²) in [7, 11) is 0. The Balaban J connectivity index is 2.17. The lowest BCUT2D eigenvalue weighted by Gasteiger charge is -2.13. The van der Waals surface area contributed by atoms with Gasteiger partial charge >= 0.3 is 12.1 Å². The summed E-state index contributed by atoms with van der Waals surface area (Å²) in [5, 5.41) is 9.05. The highest BCUT2D eigenvalue weighted by Crippen LogP contribution is 2.33. The normalized spacial score (nSPS) is 11.5. The summed E-state index contributed by atoms with van der Waals surface area (Å²) in [5.41, 5.74) is 0.335. The van der Waals surface area contributed by atoms with Gasteiger partial charge < -0.3 is 5.11 Å². The summed E-state index contributed by atoms with van der Waals surface area (Å²) in [5.74, 6) is -1.04. The fourth-order valence-electron chi connectivity index (χ4n) is 2.14. The van der Waals surface area contributed by atoms with E-state index in [0.29, 0.717) is 6.42 Å². The second kappa shape index (κ2) is 6.40. The highest BCUT2D eigenvalue weighted by molar-refractivity contribution is 6.30. The third kappa shape index (κ3) is 4.01. The Bertz CT molecular complexity index is 679. The maximum absolute atomic E-state index is 12.9. The number of halogens is 4. The van der Waals surface area contributed by atoms with Crippen molar-refractivity contribution in [3.8, 4) is 0 Å². The fourth-order valence-corrected chi connectivity index (χ4v) is 2.33. The molecule has 2 nitrogen and oxygen atoms in total. The van der Waals surface area contributed by atoms with Gasteiger partial charge in [-0.15, -0.1) is 0 Å². The first-order valence-corrected chi connectivity index (χ1v) is 6.83. The summed E-state index contributed by atoms with van der Waals surface area (Å²) in [6, 6.07) is 9.57. The van der Waals surface area contributed by atoms with Gasteiger partial charge in [0.1, 0.15) is 0 Å². The maximum Gasteiger partial charge on any atom is 0.416 e. The van der Waals surface area contributed by atoms with Crippen molar-refractivity contribution < 1.29 is 23.1 Å². The first kappa shape index (κ1) is 16.4. The lowest BCUT2D eigenvalue weighted by atomic mass is 9.99. The van der Waals surface area contributed by atoms with Crippen molar-refractivity contribution >= 4 is 17.6 Å². The third-order valence-corrected chi connectivity index (χ3v) is 3.49. The van der Waals surface area contributed by atoms with Crippen LogP contribution in [0.5, 0.6) is 0 Å². The molecule has 6 heteroatoms. The average molecular weight is 329 g/mol. The van der Waals surface area contributed by atoms with E-state index in [2.05, 4.69) is 0 Å². The molecule has 0 radical (unpaired) electrons. The second-order valence-corrected chi connectivity index (χ2v) is 5.24. The van der Waals surface area contributed by atoms with Gasteiger partial charge in [-0.25, -0.2) is 4.79 Å². The topological polar surface area (TPSA) is 37.3 Å². The summed E-state index contributed by atoms with van der Waals surface area (Å²) in [6.45, 7) is 0. The van der Waals surface area contributed by atoms with Crippen LogP contribution in [0.25, 0.3) is 0 Å². The SMILES string of the molecule is O=C(O)c1ccc(CCc2cc(Cl)ccc2C(F)(F)F)cc1. The van der Waals surface area contributed by atoms with Crippen LogP contribution >= 0.6 is 11.6 Å². The van der Waals surface area contributed by atoms with Gasteiger partial charge in [0.25, 0.3) is 0 Å². The zero-order valence-corrected chi connectivity index (χ0v) is 12.1. The molecule has 0 saturated heterocycles. The van der Waals surface area contributed by atoms with Crippen molar-refractivity contribution in [2.75, 3.05) is 0 Å². The molecular formula is C16H12ClF3O2. The van der Waals surface area contributed by atoms with Gasteiger partial charge in [0.05, 0.1) is 11.1 Å². The van der Waals surface area contributed by atoms with E-state index in [4.69, 9.17) is 16.7 Å². The molecule has 2 rings (SSSR count). The predicted octanol–water partition coefficient (Wildman–Crippen LogP) is 4.84. The molecule has 2 aromatic rings. The maximum atomic E-state index is 12.9. The van der Waals surface area contributed by atoms with Crippen LogP contribution in [0.4, 0.5) is 13.2 Å². The molecule has 0 atom stereocenters.